The Balaban J connectivity index is 1.64. The number of hydrogen-bond donors (Lipinski definition) is 1. The minimum atomic E-state index is -0.719. The number of rotatable bonds is 6. The smallest absolute Gasteiger partial charge is 0.251 e. The second kappa shape index (κ2) is 8.77. The van der Waals surface area contributed by atoms with Crippen molar-refractivity contribution >= 4 is 11.8 Å². The summed E-state index contributed by atoms with van der Waals surface area (Å²) in [7, 11) is 1.73. The van der Waals surface area contributed by atoms with Crippen molar-refractivity contribution in [2.24, 2.45) is 0 Å². The van der Waals surface area contributed by atoms with Gasteiger partial charge in [0.2, 0.25) is 5.91 Å². The molecule has 1 aliphatic rings. The third-order valence-corrected chi connectivity index (χ3v) is 4.88. The first-order chi connectivity index (χ1) is 13.1. The summed E-state index contributed by atoms with van der Waals surface area (Å²) in [5, 5.41) is 2.95. The maximum absolute atomic E-state index is 12.8. The van der Waals surface area contributed by atoms with Gasteiger partial charge in [0.15, 0.2) is 6.10 Å². The van der Waals surface area contributed by atoms with Crippen LogP contribution in [-0.2, 0) is 20.7 Å². The molecule has 142 valence electrons. The number of pyridine rings is 1. The van der Waals surface area contributed by atoms with E-state index in [9.17, 15) is 9.59 Å². The van der Waals surface area contributed by atoms with Crippen LogP contribution < -0.4 is 5.32 Å². The average molecular weight is 367 g/mol. The van der Waals surface area contributed by atoms with Crippen molar-refractivity contribution in [3.8, 4) is 0 Å². The van der Waals surface area contributed by atoms with E-state index in [4.69, 9.17) is 4.74 Å². The average Bonchev–Trinajstić information content (AvgIpc) is 2.68. The van der Waals surface area contributed by atoms with Crippen LogP contribution in [0.5, 0.6) is 0 Å². The third kappa shape index (κ3) is 4.52. The molecular formula is C21H25N3O3. The largest absolute Gasteiger partial charge is 0.356 e. The number of carbonyl (C=O) groups is 2. The Morgan fingerprint density at radius 2 is 2.04 bits per heavy atom. The summed E-state index contributed by atoms with van der Waals surface area (Å²) < 4.78 is 5.64. The highest BCUT2D eigenvalue weighted by Crippen LogP contribution is 2.31. The van der Waals surface area contributed by atoms with Gasteiger partial charge in [-0.15, -0.1) is 0 Å². The highest BCUT2D eigenvalue weighted by Gasteiger charge is 2.40. The number of aryl methyl sites for hydroxylation is 2. The molecule has 3 rings (SSSR count). The van der Waals surface area contributed by atoms with Crippen LogP contribution in [0, 0.1) is 6.92 Å². The molecule has 27 heavy (non-hydrogen) atoms. The van der Waals surface area contributed by atoms with Crippen LogP contribution in [0.15, 0.2) is 48.7 Å². The summed E-state index contributed by atoms with van der Waals surface area (Å²) in [5.41, 5.74) is 2.96. The van der Waals surface area contributed by atoms with Crippen molar-refractivity contribution < 1.29 is 14.3 Å². The molecule has 0 radical (unpaired) electrons. The van der Waals surface area contributed by atoms with E-state index in [2.05, 4.69) is 10.3 Å². The van der Waals surface area contributed by atoms with Gasteiger partial charge in [0.1, 0.15) is 6.61 Å². The predicted molar refractivity (Wildman–Crippen MR) is 102 cm³/mol. The van der Waals surface area contributed by atoms with Gasteiger partial charge >= 0.3 is 0 Å². The van der Waals surface area contributed by atoms with Crippen molar-refractivity contribution in [3.63, 3.8) is 0 Å². The predicted octanol–water partition coefficient (Wildman–Crippen LogP) is 2.04. The number of nitrogens with one attached hydrogen (secondary N) is 1. The van der Waals surface area contributed by atoms with E-state index in [1.54, 1.807) is 18.1 Å². The first-order valence-corrected chi connectivity index (χ1v) is 9.18. The second-order valence-corrected chi connectivity index (χ2v) is 6.75. The van der Waals surface area contributed by atoms with Crippen molar-refractivity contribution in [3.05, 3.63) is 65.5 Å². The number of benzene rings is 1. The lowest BCUT2D eigenvalue weighted by atomic mass is 9.94. The topological polar surface area (TPSA) is 71.5 Å². The van der Waals surface area contributed by atoms with Crippen LogP contribution in [0.3, 0.4) is 0 Å². The van der Waals surface area contributed by atoms with Crippen molar-refractivity contribution in [2.75, 3.05) is 20.2 Å². The van der Waals surface area contributed by atoms with E-state index < -0.39 is 12.1 Å². The van der Waals surface area contributed by atoms with Gasteiger partial charge in [0, 0.05) is 25.5 Å². The quantitative estimate of drug-likeness (QED) is 0.793. The lowest BCUT2D eigenvalue weighted by Gasteiger charge is -2.38. The maximum Gasteiger partial charge on any atom is 0.251 e. The molecule has 2 atom stereocenters. The number of nitrogens with zero attached hydrogens (tertiary/aromatic N) is 2. The number of hydrogen-bond acceptors (Lipinski definition) is 4. The summed E-state index contributed by atoms with van der Waals surface area (Å²) in [5.74, 6) is -0.314. The summed E-state index contributed by atoms with van der Waals surface area (Å²) in [6.07, 6.45) is 2.64. The third-order valence-electron chi connectivity index (χ3n) is 4.88. The lowest BCUT2D eigenvalue weighted by molar-refractivity contribution is -0.162. The van der Waals surface area contributed by atoms with E-state index in [0.29, 0.717) is 6.54 Å². The zero-order valence-electron chi connectivity index (χ0n) is 15.7. The van der Waals surface area contributed by atoms with E-state index in [-0.39, 0.29) is 18.4 Å². The van der Waals surface area contributed by atoms with Gasteiger partial charge in [0.05, 0.1) is 6.04 Å². The second-order valence-electron chi connectivity index (χ2n) is 6.75. The van der Waals surface area contributed by atoms with E-state index in [1.165, 1.54) is 0 Å². The van der Waals surface area contributed by atoms with Gasteiger partial charge in [0.25, 0.3) is 5.91 Å². The number of aromatic nitrogens is 1. The Morgan fingerprint density at radius 1 is 1.26 bits per heavy atom. The molecule has 6 nitrogen and oxygen atoms in total. The fourth-order valence-corrected chi connectivity index (χ4v) is 3.35. The number of morpholine rings is 1. The minimum Gasteiger partial charge on any atom is -0.356 e. The van der Waals surface area contributed by atoms with Gasteiger partial charge in [-0.25, -0.2) is 0 Å². The molecule has 0 spiro atoms. The number of carbonyl (C=O) groups excluding carboxylic acids is 2. The normalized spacial score (nSPS) is 19.8. The zero-order valence-corrected chi connectivity index (χ0v) is 15.7. The molecule has 1 aromatic carbocycles. The standard InChI is InChI=1S/C21H25N3O3/c1-15-8-3-4-11-17(15)19-20(27-14-18(25)24(19)2)21(26)23-13-7-10-16-9-5-6-12-22-16/h3-6,8-9,11-12,19-20H,7,10,13-14H2,1-2H3,(H,23,26)/t19-,20+/m1/s1. The van der Waals surface area contributed by atoms with E-state index >= 15 is 0 Å². The van der Waals surface area contributed by atoms with Crippen LogP contribution in [0.1, 0.15) is 29.3 Å². The highest BCUT2D eigenvalue weighted by atomic mass is 16.5. The lowest BCUT2D eigenvalue weighted by Crippen LogP contribution is -2.53. The van der Waals surface area contributed by atoms with Gasteiger partial charge in [-0.05, 0) is 43.0 Å². The first-order valence-electron chi connectivity index (χ1n) is 9.18. The van der Waals surface area contributed by atoms with Crippen LogP contribution in [-0.4, -0.2) is 48.0 Å². The number of likely N-dealkylation sites (N-methyl/N-ethyl adjacent to an activating group) is 1. The molecule has 2 amide bonds. The van der Waals surface area contributed by atoms with E-state index in [1.807, 2.05) is 49.4 Å². The summed E-state index contributed by atoms with van der Waals surface area (Å²) >= 11 is 0. The Kier molecular flexibility index (Phi) is 6.19. The number of amides is 2. The van der Waals surface area contributed by atoms with Crippen LogP contribution >= 0.6 is 0 Å². The van der Waals surface area contributed by atoms with Gasteiger partial charge in [-0.1, -0.05) is 30.3 Å². The Bertz CT molecular complexity index is 794. The molecule has 1 aromatic heterocycles. The van der Waals surface area contributed by atoms with Crippen molar-refractivity contribution in [1.29, 1.82) is 0 Å². The van der Waals surface area contributed by atoms with E-state index in [0.717, 1.165) is 29.7 Å². The molecule has 0 bridgehead atoms. The summed E-state index contributed by atoms with van der Waals surface area (Å²) in [6, 6.07) is 13.2. The number of ether oxygens (including phenoxy) is 1. The van der Waals surface area contributed by atoms with Crippen molar-refractivity contribution in [2.45, 2.75) is 31.9 Å². The molecule has 1 aliphatic heterocycles. The molecule has 0 unspecified atom stereocenters. The molecule has 0 aliphatic carbocycles. The molecule has 1 saturated heterocycles. The monoisotopic (exact) mass is 367 g/mol. The fraction of sp³-hybridized carbons (Fsp3) is 0.381. The molecule has 2 aromatic rings. The molecular weight excluding hydrogens is 342 g/mol. The van der Waals surface area contributed by atoms with Crippen LogP contribution in [0.4, 0.5) is 0 Å². The highest BCUT2D eigenvalue weighted by molar-refractivity contribution is 5.86. The molecule has 2 heterocycles. The molecule has 0 saturated carbocycles. The Morgan fingerprint density at radius 3 is 2.78 bits per heavy atom. The first kappa shape index (κ1) is 19.0. The maximum atomic E-state index is 12.8. The SMILES string of the molecule is Cc1ccccc1[C@@H]1[C@@H](C(=O)NCCCc2ccccn2)OCC(=O)N1C. The van der Waals surface area contributed by atoms with Crippen LogP contribution in [0.25, 0.3) is 0 Å². The molecule has 1 fully saturated rings. The molecule has 6 heteroatoms. The Labute approximate surface area is 159 Å². The molecule has 1 N–H and O–H groups in total. The van der Waals surface area contributed by atoms with Crippen LogP contribution in [0.2, 0.25) is 0 Å². The fourth-order valence-electron chi connectivity index (χ4n) is 3.35. The van der Waals surface area contributed by atoms with Gasteiger partial charge < -0.3 is 15.0 Å². The Hall–Kier alpha value is -2.73. The summed E-state index contributed by atoms with van der Waals surface area (Å²) in [6.45, 7) is 2.43. The van der Waals surface area contributed by atoms with Gasteiger partial charge in [-0.3, -0.25) is 14.6 Å². The minimum absolute atomic E-state index is 0.0785. The zero-order chi connectivity index (χ0) is 19.2. The van der Waals surface area contributed by atoms with Gasteiger partial charge in [-0.2, -0.15) is 0 Å². The summed E-state index contributed by atoms with van der Waals surface area (Å²) in [4.78, 5) is 30.8. The van der Waals surface area contributed by atoms with Crippen molar-refractivity contribution in [1.82, 2.24) is 15.2 Å².